The second-order valence-electron chi connectivity index (χ2n) is 8.66. The SMILES string of the molecule is CN(C)S(=O)(=O)c1cccc(-c2ccccc2S(=O)(=O)Nc2ccc(NC(=O)NCc3cccnc3)cc2)c1. The summed E-state index contributed by atoms with van der Waals surface area (Å²) < 4.78 is 55.5. The Balaban J connectivity index is 1.49. The summed E-state index contributed by atoms with van der Waals surface area (Å²) in [5, 5.41) is 5.41. The van der Waals surface area contributed by atoms with Gasteiger partial charge in [-0.05, 0) is 59.7 Å². The van der Waals surface area contributed by atoms with Gasteiger partial charge >= 0.3 is 6.03 Å². The molecule has 0 spiro atoms. The first-order valence-corrected chi connectivity index (χ1v) is 14.7. The summed E-state index contributed by atoms with van der Waals surface area (Å²) in [6, 6.07) is 21.9. The van der Waals surface area contributed by atoms with E-state index in [0.717, 1.165) is 9.87 Å². The lowest BCUT2D eigenvalue weighted by Crippen LogP contribution is -2.28. The molecule has 0 bridgehead atoms. The van der Waals surface area contributed by atoms with Gasteiger partial charge in [-0.25, -0.2) is 25.9 Å². The van der Waals surface area contributed by atoms with Gasteiger partial charge in [0.2, 0.25) is 10.0 Å². The van der Waals surface area contributed by atoms with E-state index < -0.39 is 26.1 Å². The van der Waals surface area contributed by atoms with Gasteiger partial charge in [-0.15, -0.1) is 0 Å². The zero-order chi connectivity index (χ0) is 28.0. The van der Waals surface area contributed by atoms with Crippen LogP contribution in [0.2, 0.25) is 0 Å². The minimum atomic E-state index is -4.05. The third-order valence-corrected chi connectivity index (χ3v) is 8.92. The smallest absolute Gasteiger partial charge is 0.319 e. The number of carbonyl (C=O) groups excluding carboxylic acids is 1. The van der Waals surface area contributed by atoms with Gasteiger partial charge in [0.15, 0.2) is 0 Å². The van der Waals surface area contributed by atoms with Crippen molar-refractivity contribution >= 4 is 37.5 Å². The maximum absolute atomic E-state index is 13.3. The molecule has 0 aliphatic rings. The van der Waals surface area contributed by atoms with Crippen LogP contribution in [0.25, 0.3) is 11.1 Å². The normalized spacial score (nSPS) is 11.7. The fraction of sp³-hybridized carbons (Fsp3) is 0.111. The highest BCUT2D eigenvalue weighted by Crippen LogP contribution is 2.30. The first-order chi connectivity index (χ1) is 18.6. The number of anilines is 2. The van der Waals surface area contributed by atoms with Crippen LogP contribution >= 0.6 is 0 Å². The van der Waals surface area contributed by atoms with Gasteiger partial charge in [0, 0.05) is 50.0 Å². The van der Waals surface area contributed by atoms with Crippen LogP contribution in [0.4, 0.5) is 16.2 Å². The average Bonchev–Trinajstić information content (AvgIpc) is 2.93. The first-order valence-electron chi connectivity index (χ1n) is 11.7. The van der Waals surface area contributed by atoms with E-state index in [0.29, 0.717) is 23.4 Å². The van der Waals surface area contributed by atoms with Gasteiger partial charge in [-0.1, -0.05) is 36.4 Å². The van der Waals surface area contributed by atoms with Crippen molar-refractivity contribution in [2.75, 3.05) is 24.1 Å². The molecule has 0 saturated heterocycles. The van der Waals surface area contributed by atoms with Crippen molar-refractivity contribution in [3.05, 3.63) is 103 Å². The standard InChI is InChI=1S/C27H27N5O5S2/c1-32(2)39(36,37)24-9-5-8-21(17-24)25-10-3-4-11-26(25)38(34,35)31-23-14-12-22(13-15-23)30-27(33)29-19-20-7-6-16-28-18-20/h3-18,31H,19H2,1-2H3,(H2,29,30,33). The van der Waals surface area contributed by atoms with Crippen molar-refractivity contribution in [3.63, 3.8) is 0 Å². The zero-order valence-electron chi connectivity index (χ0n) is 21.2. The molecule has 202 valence electrons. The summed E-state index contributed by atoms with van der Waals surface area (Å²) in [5.74, 6) is 0. The topological polar surface area (TPSA) is 138 Å². The van der Waals surface area contributed by atoms with Crippen molar-refractivity contribution < 1.29 is 21.6 Å². The molecule has 2 amide bonds. The molecule has 0 atom stereocenters. The second-order valence-corrected chi connectivity index (χ2v) is 12.5. The van der Waals surface area contributed by atoms with E-state index in [1.807, 2.05) is 6.07 Å². The number of sulfonamides is 2. The Kier molecular flexibility index (Phi) is 8.29. The van der Waals surface area contributed by atoms with Crippen molar-refractivity contribution in [3.8, 4) is 11.1 Å². The third-order valence-electron chi connectivity index (χ3n) is 5.67. The number of benzene rings is 3. The largest absolute Gasteiger partial charge is 0.334 e. The molecule has 0 unspecified atom stereocenters. The van der Waals surface area contributed by atoms with E-state index in [4.69, 9.17) is 0 Å². The van der Waals surface area contributed by atoms with Gasteiger partial charge in [-0.3, -0.25) is 9.71 Å². The molecule has 0 saturated carbocycles. The number of amides is 2. The van der Waals surface area contributed by atoms with Crippen molar-refractivity contribution in [2.45, 2.75) is 16.3 Å². The first kappa shape index (κ1) is 27.8. The number of nitrogens with zero attached hydrogens (tertiary/aromatic N) is 2. The van der Waals surface area contributed by atoms with Crippen molar-refractivity contribution in [2.24, 2.45) is 0 Å². The summed E-state index contributed by atoms with van der Waals surface area (Å²) in [4.78, 5) is 16.2. The molecule has 0 aliphatic heterocycles. The Hall–Kier alpha value is -4.26. The lowest BCUT2D eigenvalue weighted by molar-refractivity contribution is 0.251. The predicted molar refractivity (Wildman–Crippen MR) is 150 cm³/mol. The highest BCUT2D eigenvalue weighted by Gasteiger charge is 2.22. The van der Waals surface area contributed by atoms with Gasteiger partial charge in [0.05, 0.1) is 9.79 Å². The van der Waals surface area contributed by atoms with Crippen molar-refractivity contribution in [1.82, 2.24) is 14.6 Å². The number of pyridine rings is 1. The van der Waals surface area contributed by atoms with Crippen LogP contribution in [0.15, 0.2) is 107 Å². The van der Waals surface area contributed by atoms with Gasteiger partial charge in [0.1, 0.15) is 0 Å². The summed E-state index contributed by atoms with van der Waals surface area (Å²) in [6.45, 7) is 0.306. The van der Waals surface area contributed by atoms with Gasteiger partial charge < -0.3 is 10.6 Å². The van der Waals surface area contributed by atoms with E-state index in [9.17, 15) is 21.6 Å². The fourth-order valence-electron chi connectivity index (χ4n) is 3.67. The molecule has 10 nitrogen and oxygen atoms in total. The van der Waals surface area contributed by atoms with Gasteiger partial charge in [-0.2, -0.15) is 0 Å². The molecule has 0 aliphatic carbocycles. The van der Waals surface area contributed by atoms with Crippen LogP contribution in [-0.2, 0) is 26.6 Å². The van der Waals surface area contributed by atoms with Crippen LogP contribution in [0.3, 0.4) is 0 Å². The highest BCUT2D eigenvalue weighted by atomic mass is 32.2. The summed E-state index contributed by atoms with van der Waals surface area (Å²) in [7, 11) is -4.89. The number of hydrogen-bond acceptors (Lipinski definition) is 6. The highest BCUT2D eigenvalue weighted by molar-refractivity contribution is 7.92. The molecule has 39 heavy (non-hydrogen) atoms. The second kappa shape index (κ2) is 11.6. The number of carbonyl (C=O) groups is 1. The number of hydrogen-bond donors (Lipinski definition) is 3. The maximum atomic E-state index is 13.3. The Morgan fingerprint density at radius 3 is 2.26 bits per heavy atom. The summed E-state index contributed by atoms with van der Waals surface area (Å²) in [6.07, 6.45) is 3.30. The maximum Gasteiger partial charge on any atom is 0.319 e. The molecule has 12 heteroatoms. The van der Waals surface area contributed by atoms with E-state index in [-0.39, 0.29) is 15.5 Å². The van der Waals surface area contributed by atoms with Crippen LogP contribution in [0.1, 0.15) is 5.56 Å². The summed E-state index contributed by atoms with van der Waals surface area (Å²) in [5.41, 5.74) is 2.40. The van der Waals surface area contributed by atoms with Crippen LogP contribution in [0, 0.1) is 0 Å². The average molecular weight is 566 g/mol. The van der Waals surface area contributed by atoms with Crippen LogP contribution < -0.4 is 15.4 Å². The Bertz CT molecular complexity index is 1680. The minimum Gasteiger partial charge on any atom is -0.334 e. The van der Waals surface area contributed by atoms with E-state index in [1.54, 1.807) is 60.9 Å². The summed E-state index contributed by atoms with van der Waals surface area (Å²) >= 11 is 0. The molecule has 1 heterocycles. The predicted octanol–water partition coefficient (Wildman–Crippen LogP) is 4.12. The van der Waals surface area contributed by atoms with E-state index in [2.05, 4.69) is 20.3 Å². The molecular formula is C27H27N5O5S2. The van der Waals surface area contributed by atoms with Crippen LogP contribution in [-0.4, -0.2) is 46.3 Å². The molecule has 3 aromatic carbocycles. The Morgan fingerprint density at radius 2 is 1.56 bits per heavy atom. The molecule has 0 fully saturated rings. The van der Waals surface area contributed by atoms with Crippen LogP contribution in [0.5, 0.6) is 0 Å². The third kappa shape index (κ3) is 6.79. The molecular weight excluding hydrogens is 538 g/mol. The molecule has 3 N–H and O–H groups in total. The monoisotopic (exact) mass is 565 g/mol. The Labute approximate surface area is 227 Å². The minimum absolute atomic E-state index is 0.0126. The Morgan fingerprint density at radius 1 is 0.846 bits per heavy atom. The van der Waals surface area contributed by atoms with Gasteiger partial charge in [0.25, 0.3) is 10.0 Å². The fourth-order valence-corrected chi connectivity index (χ4v) is 5.90. The number of aromatic nitrogens is 1. The quantitative estimate of drug-likeness (QED) is 0.279. The number of urea groups is 1. The zero-order valence-corrected chi connectivity index (χ0v) is 22.8. The molecule has 1 aromatic heterocycles. The number of rotatable bonds is 9. The molecule has 0 radical (unpaired) electrons. The van der Waals surface area contributed by atoms with E-state index >= 15 is 0 Å². The lowest BCUT2D eigenvalue weighted by atomic mass is 10.1. The lowest BCUT2D eigenvalue weighted by Gasteiger charge is -2.15. The van der Waals surface area contributed by atoms with Crippen molar-refractivity contribution in [1.29, 1.82) is 0 Å². The van der Waals surface area contributed by atoms with E-state index in [1.165, 1.54) is 44.4 Å². The molecule has 4 rings (SSSR count). The molecule has 4 aromatic rings. The number of nitrogens with one attached hydrogen (secondary N) is 3.